The van der Waals surface area contributed by atoms with Crippen LogP contribution in [0.25, 0.3) is 16.9 Å². The summed E-state index contributed by atoms with van der Waals surface area (Å²) in [7, 11) is 0. The van der Waals surface area contributed by atoms with Crippen molar-refractivity contribution in [1.29, 1.82) is 0 Å². The van der Waals surface area contributed by atoms with Gasteiger partial charge in [-0.3, -0.25) is 4.79 Å². The number of nitrogens with zero attached hydrogens (tertiary/aromatic N) is 3. The molecule has 1 saturated heterocycles. The molecule has 1 N–H and O–H groups in total. The van der Waals surface area contributed by atoms with Gasteiger partial charge in [-0.05, 0) is 50.8 Å². The van der Waals surface area contributed by atoms with Gasteiger partial charge in [0.05, 0.1) is 5.69 Å². The predicted octanol–water partition coefficient (Wildman–Crippen LogP) is 4.46. The maximum atomic E-state index is 14.4. The minimum absolute atomic E-state index is 0.293. The van der Waals surface area contributed by atoms with Gasteiger partial charge in [0.25, 0.3) is 0 Å². The Labute approximate surface area is 185 Å². The monoisotopic (exact) mass is 438 g/mol. The van der Waals surface area contributed by atoms with Crippen LogP contribution >= 0.6 is 11.3 Å². The predicted molar refractivity (Wildman–Crippen MR) is 121 cm³/mol. The average molecular weight is 439 g/mol. The van der Waals surface area contributed by atoms with Gasteiger partial charge in [-0.15, -0.1) is 11.3 Å². The van der Waals surface area contributed by atoms with Gasteiger partial charge >= 0.3 is 0 Å². The Morgan fingerprint density at radius 3 is 2.77 bits per heavy atom. The fourth-order valence-corrected chi connectivity index (χ4v) is 5.41. The van der Waals surface area contributed by atoms with Crippen LogP contribution in [0.3, 0.4) is 0 Å². The highest BCUT2D eigenvalue weighted by Crippen LogP contribution is 2.34. The van der Waals surface area contributed by atoms with E-state index in [0.29, 0.717) is 36.5 Å². The lowest BCUT2D eigenvalue weighted by Gasteiger charge is -2.15. The van der Waals surface area contributed by atoms with Crippen LogP contribution in [0.1, 0.15) is 34.6 Å². The molecule has 0 radical (unpaired) electrons. The highest BCUT2D eigenvalue weighted by Gasteiger charge is 2.38. The van der Waals surface area contributed by atoms with Crippen molar-refractivity contribution in [3.63, 3.8) is 0 Å². The average Bonchev–Trinajstić information content (AvgIpc) is 3.26. The van der Waals surface area contributed by atoms with E-state index >= 15 is 0 Å². The summed E-state index contributed by atoms with van der Waals surface area (Å²) in [6, 6.07) is 9.35. The normalized spacial score (nSPS) is 18.9. The topological polar surface area (TPSA) is 50.2 Å². The standard InChI is InChI=1S/C24H27FN4OS/c1-15-9-20(16(2)31-15)24-18(14-29(27-24)22-6-4-3-5-21(22)25)12-26-11-17-10-23(30)28(13-17)19-7-8-19/h3-6,9,14,17,19,26H,7-8,10-13H2,1-2H3/t17-/m1/s1. The number of halogens is 1. The van der Waals surface area contributed by atoms with E-state index in [-0.39, 0.29) is 5.82 Å². The van der Waals surface area contributed by atoms with Gasteiger partial charge in [0.1, 0.15) is 11.5 Å². The first kappa shape index (κ1) is 20.4. The third kappa shape index (κ3) is 4.16. The maximum Gasteiger partial charge on any atom is 0.223 e. The van der Waals surface area contributed by atoms with Crippen molar-refractivity contribution in [3.05, 3.63) is 57.7 Å². The molecule has 5 nitrogen and oxygen atoms in total. The molecule has 0 bridgehead atoms. The van der Waals surface area contributed by atoms with Crippen molar-refractivity contribution in [2.75, 3.05) is 13.1 Å². The highest BCUT2D eigenvalue weighted by atomic mass is 32.1. The van der Waals surface area contributed by atoms with E-state index in [1.54, 1.807) is 28.2 Å². The Morgan fingerprint density at radius 2 is 2.06 bits per heavy atom. The van der Waals surface area contributed by atoms with E-state index in [2.05, 4.69) is 30.1 Å². The van der Waals surface area contributed by atoms with Gasteiger partial charge in [0, 0.05) is 59.2 Å². The van der Waals surface area contributed by atoms with Gasteiger partial charge in [0.2, 0.25) is 5.91 Å². The number of para-hydroxylation sites is 1. The number of hydrogen-bond acceptors (Lipinski definition) is 4. The van der Waals surface area contributed by atoms with E-state index in [4.69, 9.17) is 5.10 Å². The molecule has 1 saturated carbocycles. The van der Waals surface area contributed by atoms with Gasteiger partial charge in [-0.25, -0.2) is 9.07 Å². The molecule has 2 aliphatic rings. The van der Waals surface area contributed by atoms with Crippen LogP contribution in [0.2, 0.25) is 0 Å². The molecule has 1 aromatic carbocycles. The van der Waals surface area contributed by atoms with Crippen LogP contribution < -0.4 is 5.32 Å². The second kappa shape index (κ2) is 8.20. The molecule has 31 heavy (non-hydrogen) atoms. The number of rotatable bonds is 7. The van der Waals surface area contributed by atoms with E-state index in [9.17, 15) is 9.18 Å². The van der Waals surface area contributed by atoms with Crippen molar-refractivity contribution in [2.45, 2.75) is 45.7 Å². The molecular weight excluding hydrogens is 411 g/mol. The number of amides is 1. The van der Waals surface area contributed by atoms with Gasteiger partial charge < -0.3 is 10.2 Å². The first-order valence-electron chi connectivity index (χ1n) is 10.9. The summed E-state index contributed by atoms with van der Waals surface area (Å²) in [5.74, 6) is 0.356. The smallest absolute Gasteiger partial charge is 0.223 e. The number of carbonyl (C=O) groups excluding carboxylic acids is 1. The van der Waals surface area contributed by atoms with Crippen LogP contribution in [0.4, 0.5) is 4.39 Å². The zero-order valence-corrected chi connectivity index (χ0v) is 18.7. The summed E-state index contributed by atoms with van der Waals surface area (Å²) in [4.78, 5) is 16.7. The summed E-state index contributed by atoms with van der Waals surface area (Å²) in [5, 5.41) is 8.31. The summed E-state index contributed by atoms with van der Waals surface area (Å²) >= 11 is 1.75. The first-order valence-corrected chi connectivity index (χ1v) is 11.7. The number of aromatic nitrogens is 2. The Bertz CT molecular complexity index is 1120. The molecule has 5 rings (SSSR count). The number of thiophene rings is 1. The zero-order valence-electron chi connectivity index (χ0n) is 17.9. The second-order valence-electron chi connectivity index (χ2n) is 8.70. The fourth-order valence-electron chi connectivity index (χ4n) is 4.49. The molecule has 1 aliphatic carbocycles. The molecule has 0 unspecified atom stereocenters. The van der Waals surface area contributed by atoms with Crippen LogP contribution in [-0.4, -0.2) is 39.7 Å². The third-order valence-electron chi connectivity index (χ3n) is 6.16. The van der Waals surface area contributed by atoms with E-state index in [0.717, 1.165) is 42.8 Å². The number of hydrogen-bond donors (Lipinski definition) is 1. The summed E-state index contributed by atoms with van der Waals surface area (Å²) in [5.41, 5.74) is 3.47. The first-order chi connectivity index (χ1) is 15.0. The molecule has 162 valence electrons. The number of benzene rings is 1. The molecular formula is C24H27FN4OS. The maximum absolute atomic E-state index is 14.4. The minimum Gasteiger partial charge on any atom is -0.339 e. The highest BCUT2D eigenvalue weighted by molar-refractivity contribution is 7.12. The molecule has 3 aromatic rings. The molecule has 1 aliphatic heterocycles. The summed E-state index contributed by atoms with van der Waals surface area (Å²) in [6.45, 7) is 6.48. The van der Waals surface area contributed by atoms with Crippen LogP contribution in [-0.2, 0) is 11.3 Å². The molecule has 7 heteroatoms. The van der Waals surface area contributed by atoms with Gasteiger partial charge in [0.15, 0.2) is 0 Å². The van der Waals surface area contributed by atoms with E-state index in [1.807, 2.05) is 12.3 Å². The SMILES string of the molecule is Cc1cc(-c2nn(-c3ccccc3F)cc2CNC[C@H]2CC(=O)N(C3CC3)C2)c(C)s1. The number of nitrogens with one attached hydrogen (secondary N) is 1. The van der Waals surface area contributed by atoms with Crippen molar-refractivity contribution in [2.24, 2.45) is 5.92 Å². The van der Waals surface area contributed by atoms with Gasteiger partial charge in [-0.2, -0.15) is 5.10 Å². The Balaban J connectivity index is 1.36. The van der Waals surface area contributed by atoms with E-state index in [1.165, 1.54) is 15.8 Å². The summed E-state index contributed by atoms with van der Waals surface area (Å²) in [6.07, 6.45) is 4.87. The molecule has 0 spiro atoms. The quantitative estimate of drug-likeness (QED) is 0.593. The lowest BCUT2D eigenvalue weighted by atomic mass is 10.1. The van der Waals surface area contributed by atoms with Crippen molar-refractivity contribution in [1.82, 2.24) is 20.0 Å². The Morgan fingerprint density at radius 1 is 1.26 bits per heavy atom. The van der Waals surface area contributed by atoms with E-state index < -0.39 is 0 Å². The van der Waals surface area contributed by atoms with Crippen molar-refractivity contribution < 1.29 is 9.18 Å². The zero-order chi connectivity index (χ0) is 21.5. The lowest BCUT2D eigenvalue weighted by molar-refractivity contribution is -0.128. The molecule has 3 heterocycles. The number of likely N-dealkylation sites (tertiary alicyclic amines) is 1. The molecule has 1 amide bonds. The van der Waals surface area contributed by atoms with Crippen molar-refractivity contribution >= 4 is 17.2 Å². The number of carbonyl (C=O) groups is 1. The lowest BCUT2D eigenvalue weighted by Crippen LogP contribution is -2.29. The molecule has 1 atom stereocenters. The second-order valence-corrected chi connectivity index (χ2v) is 10.2. The molecule has 2 aromatic heterocycles. The largest absolute Gasteiger partial charge is 0.339 e. The number of aryl methyl sites for hydroxylation is 2. The summed E-state index contributed by atoms with van der Waals surface area (Å²) < 4.78 is 16.0. The fraction of sp³-hybridized carbons (Fsp3) is 0.417. The van der Waals surface area contributed by atoms with Crippen LogP contribution in [0, 0.1) is 25.6 Å². The van der Waals surface area contributed by atoms with Crippen molar-refractivity contribution in [3.8, 4) is 16.9 Å². The van der Waals surface area contributed by atoms with Crippen LogP contribution in [0.15, 0.2) is 36.5 Å². The van der Waals surface area contributed by atoms with Gasteiger partial charge in [-0.1, -0.05) is 12.1 Å². The minimum atomic E-state index is -0.293. The van der Waals surface area contributed by atoms with Crippen LogP contribution in [0.5, 0.6) is 0 Å². The Kier molecular flexibility index (Phi) is 5.40. The Hall–Kier alpha value is -2.51. The third-order valence-corrected chi connectivity index (χ3v) is 7.13. The molecule has 2 fully saturated rings.